The Morgan fingerprint density at radius 2 is 2.12 bits per heavy atom. The average Bonchev–Trinajstić information content (AvgIpc) is 2.74. The number of nitrogens with zero attached hydrogens (tertiary/aromatic N) is 1. The Balaban J connectivity index is 2.55. The van der Waals surface area contributed by atoms with Gasteiger partial charge in [0.1, 0.15) is 5.76 Å². The van der Waals surface area contributed by atoms with Gasteiger partial charge in [-0.2, -0.15) is 0 Å². The molecule has 1 unspecified atom stereocenters. The number of amides is 1. The van der Waals surface area contributed by atoms with Gasteiger partial charge in [0.15, 0.2) is 5.69 Å². The summed E-state index contributed by atoms with van der Waals surface area (Å²) in [6.45, 7) is 5.44. The highest BCUT2D eigenvalue weighted by atomic mass is 16.5. The number of hydrogen-bond donors (Lipinski definition) is 2. The Labute approximate surface area is 99.0 Å². The molecule has 0 aliphatic rings. The van der Waals surface area contributed by atoms with Gasteiger partial charge >= 0.3 is 5.97 Å². The number of carboxylic acid groups (broad SMARTS) is 1. The van der Waals surface area contributed by atoms with Gasteiger partial charge < -0.3 is 14.9 Å². The van der Waals surface area contributed by atoms with Gasteiger partial charge in [-0.05, 0) is 0 Å². The lowest BCUT2D eigenvalue weighted by atomic mass is 10.1. The van der Waals surface area contributed by atoms with E-state index in [2.05, 4.69) is 10.5 Å². The second kappa shape index (κ2) is 5.47. The van der Waals surface area contributed by atoms with E-state index in [9.17, 15) is 9.59 Å². The largest absolute Gasteiger partial charge is 0.481 e. The average molecular weight is 240 g/mol. The van der Waals surface area contributed by atoms with Crippen LogP contribution >= 0.6 is 0 Å². The van der Waals surface area contributed by atoms with Crippen LogP contribution in [0.5, 0.6) is 0 Å². The van der Waals surface area contributed by atoms with Crippen molar-refractivity contribution < 1.29 is 19.2 Å². The number of aliphatic carboxylic acids is 1. The van der Waals surface area contributed by atoms with Gasteiger partial charge in [0.2, 0.25) is 0 Å². The minimum Gasteiger partial charge on any atom is -0.481 e. The van der Waals surface area contributed by atoms with Crippen LogP contribution in [0.3, 0.4) is 0 Å². The van der Waals surface area contributed by atoms with E-state index < -0.39 is 17.8 Å². The zero-order chi connectivity index (χ0) is 13.0. The zero-order valence-electron chi connectivity index (χ0n) is 10.1. The smallest absolute Gasteiger partial charge is 0.308 e. The molecule has 0 saturated heterocycles. The lowest BCUT2D eigenvalue weighted by Crippen LogP contribution is -2.31. The van der Waals surface area contributed by atoms with Crippen LogP contribution < -0.4 is 5.32 Å². The van der Waals surface area contributed by atoms with Crippen LogP contribution in [-0.4, -0.2) is 28.7 Å². The van der Waals surface area contributed by atoms with Crippen LogP contribution in [0.15, 0.2) is 10.6 Å². The van der Waals surface area contributed by atoms with E-state index in [1.54, 1.807) is 6.07 Å². The molecule has 0 aromatic carbocycles. The number of carbonyl (C=O) groups excluding carboxylic acids is 1. The maximum Gasteiger partial charge on any atom is 0.308 e. The van der Waals surface area contributed by atoms with E-state index in [1.807, 2.05) is 13.8 Å². The predicted octanol–water partition coefficient (Wildman–Crippen LogP) is 1.25. The Kier molecular flexibility index (Phi) is 4.25. The van der Waals surface area contributed by atoms with Crippen LogP contribution in [0.25, 0.3) is 0 Å². The first kappa shape index (κ1) is 13.2. The molecule has 1 aromatic heterocycles. The maximum atomic E-state index is 11.6. The molecule has 0 radical (unpaired) electrons. The molecule has 0 bridgehead atoms. The highest BCUT2D eigenvalue weighted by Gasteiger charge is 2.16. The summed E-state index contributed by atoms with van der Waals surface area (Å²) in [5.41, 5.74) is 0.172. The van der Waals surface area contributed by atoms with Crippen LogP contribution in [0.2, 0.25) is 0 Å². The second-order valence-electron chi connectivity index (χ2n) is 4.22. The van der Waals surface area contributed by atoms with Gasteiger partial charge in [0, 0.05) is 18.5 Å². The number of carbonyl (C=O) groups is 2. The van der Waals surface area contributed by atoms with Crippen molar-refractivity contribution in [1.29, 1.82) is 0 Å². The highest BCUT2D eigenvalue weighted by Crippen LogP contribution is 2.14. The summed E-state index contributed by atoms with van der Waals surface area (Å²) >= 11 is 0. The van der Waals surface area contributed by atoms with Gasteiger partial charge in [-0.15, -0.1) is 0 Å². The van der Waals surface area contributed by atoms with E-state index >= 15 is 0 Å². The van der Waals surface area contributed by atoms with Crippen LogP contribution in [0.1, 0.15) is 42.9 Å². The third-order valence-corrected chi connectivity index (χ3v) is 2.32. The molecule has 6 heteroatoms. The van der Waals surface area contributed by atoms with Crippen molar-refractivity contribution >= 4 is 11.9 Å². The minimum absolute atomic E-state index is 0.0675. The molecule has 1 aromatic rings. The summed E-state index contributed by atoms with van der Waals surface area (Å²) in [7, 11) is 0. The maximum absolute atomic E-state index is 11.6. The van der Waals surface area contributed by atoms with E-state index in [4.69, 9.17) is 9.63 Å². The Bertz CT molecular complexity index is 411. The summed E-state index contributed by atoms with van der Waals surface area (Å²) in [4.78, 5) is 22.1. The molecule has 0 saturated carbocycles. The van der Waals surface area contributed by atoms with E-state index in [0.29, 0.717) is 5.76 Å². The molecule has 6 nitrogen and oxygen atoms in total. The summed E-state index contributed by atoms with van der Waals surface area (Å²) < 4.78 is 4.97. The normalized spacial score (nSPS) is 12.5. The molecule has 94 valence electrons. The van der Waals surface area contributed by atoms with Crippen molar-refractivity contribution in [3.05, 3.63) is 17.5 Å². The third kappa shape index (κ3) is 3.58. The monoisotopic (exact) mass is 240 g/mol. The fourth-order valence-corrected chi connectivity index (χ4v) is 1.09. The number of nitrogens with one attached hydrogen (secondary N) is 1. The quantitative estimate of drug-likeness (QED) is 0.808. The Hall–Kier alpha value is -1.85. The van der Waals surface area contributed by atoms with E-state index in [0.717, 1.165) is 0 Å². The van der Waals surface area contributed by atoms with Crippen molar-refractivity contribution in [2.45, 2.75) is 26.7 Å². The second-order valence-corrected chi connectivity index (χ2v) is 4.22. The number of rotatable bonds is 5. The lowest BCUT2D eigenvalue weighted by Gasteiger charge is -2.06. The SMILES string of the molecule is CC(CNC(=O)c1cc(C(C)C)on1)C(=O)O. The van der Waals surface area contributed by atoms with E-state index in [1.165, 1.54) is 6.92 Å². The molecule has 1 heterocycles. The molecule has 2 N–H and O–H groups in total. The molecule has 0 aliphatic heterocycles. The van der Waals surface area contributed by atoms with Crippen molar-refractivity contribution in [2.75, 3.05) is 6.54 Å². The molecule has 1 amide bonds. The first-order valence-corrected chi connectivity index (χ1v) is 5.39. The van der Waals surface area contributed by atoms with Crippen molar-refractivity contribution in [2.24, 2.45) is 5.92 Å². The lowest BCUT2D eigenvalue weighted by molar-refractivity contribution is -0.140. The number of aromatic nitrogens is 1. The highest BCUT2D eigenvalue weighted by molar-refractivity contribution is 5.92. The van der Waals surface area contributed by atoms with Gasteiger partial charge in [0.05, 0.1) is 5.92 Å². The van der Waals surface area contributed by atoms with Gasteiger partial charge in [-0.25, -0.2) is 0 Å². The minimum atomic E-state index is -0.951. The van der Waals surface area contributed by atoms with E-state index in [-0.39, 0.29) is 18.2 Å². The first-order valence-electron chi connectivity index (χ1n) is 5.39. The third-order valence-electron chi connectivity index (χ3n) is 2.32. The van der Waals surface area contributed by atoms with Gasteiger partial charge in [-0.1, -0.05) is 25.9 Å². The number of carboxylic acids is 1. The summed E-state index contributed by atoms with van der Waals surface area (Å²) in [6, 6.07) is 1.56. The van der Waals surface area contributed by atoms with Crippen molar-refractivity contribution in [3.8, 4) is 0 Å². The van der Waals surface area contributed by atoms with Crippen LogP contribution in [0.4, 0.5) is 0 Å². The number of hydrogen-bond acceptors (Lipinski definition) is 4. The van der Waals surface area contributed by atoms with Crippen molar-refractivity contribution in [3.63, 3.8) is 0 Å². The fraction of sp³-hybridized carbons (Fsp3) is 0.545. The standard InChI is InChI=1S/C11H16N2O4/c1-6(2)9-4-8(13-17-9)10(14)12-5-7(3)11(15)16/h4,6-7H,5H2,1-3H3,(H,12,14)(H,15,16). The molecule has 0 spiro atoms. The molecular weight excluding hydrogens is 224 g/mol. The topological polar surface area (TPSA) is 92.4 Å². The Morgan fingerprint density at radius 1 is 1.47 bits per heavy atom. The summed E-state index contributed by atoms with van der Waals surface area (Å²) in [6.07, 6.45) is 0. The molecule has 17 heavy (non-hydrogen) atoms. The zero-order valence-corrected chi connectivity index (χ0v) is 10.1. The van der Waals surface area contributed by atoms with Crippen LogP contribution in [-0.2, 0) is 4.79 Å². The Morgan fingerprint density at radius 3 is 2.59 bits per heavy atom. The molecule has 0 aliphatic carbocycles. The molecule has 1 rings (SSSR count). The van der Waals surface area contributed by atoms with Crippen LogP contribution in [0, 0.1) is 5.92 Å². The van der Waals surface area contributed by atoms with Gasteiger partial charge in [-0.3, -0.25) is 9.59 Å². The van der Waals surface area contributed by atoms with Gasteiger partial charge in [0.25, 0.3) is 5.91 Å². The molecule has 1 atom stereocenters. The fourth-order valence-electron chi connectivity index (χ4n) is 1.09. The molecular formula is C11H16N2O4. The molecule has 0 fully saturated rings. The predicted molar refractivity (Wildman–Crippen MR) is 59.7 cm³/mol. The summed E-state index contributed by atoms with van der Waals surface area (Å²) in [5.74, 6) is -1.22. The first-order chi connectivity index (χ1) is 7.91. The van der Waals surface area contributed by atoms with Crippen molar-refractivity contribution in [1.82, 2.24) is 10.5 Å². The summed E-state index contributed by atoms with van der Waals surface area (Å²) in [5, 5.41) is 14.8.